The van der Waals surface area contributed by atoms with E-state index in [1.807, 2.05) is 0 Å². The van der Waals surface area contributed by atoms with Crippen LogP contribution >= 0.6 is 11.6 Å². The maximum atomic E-state index is 12.0. The molecule has 2 aromatic carbocycles. The zero-order valence-electron chi connectivity index (χ0n) is 13.8. The molecule has 3 rings (SSSR count). The van der Waals surface area contributed by atoms with Gasteiger partial charge in [0.15, 0.2) is 18.1 Å². The molecular formula is C17H13ClN2O7. The summed E-state index contributed by atoms with van der Waals surface area (Å²) >= 11 is 5.86. The molecule has 0 bridgehead atoms. The van der Waals surface area contributed by atoms with Crippen LogP contribution in [0.1, 0.15) is 10.4 Å². The maximum Gasteiger partial charge on any atom is 0.340 e. The normalized spacial score (nSPS) is 12.2. The van der Waals surface area contributed by atoms with E-state index < -0.39 is 23.4 Å². The van der Waals surface area contributed by atoms with Crippen molar-refractivity contribution in [3.05, 3.63) is 57.1 Å². The first-order valence-electron chi connectivity index (χ1n) is 7.74. The van der Waals surface area contributed by atoms with Crippen LogP contribution in [0.4, 0.5) is 11.4 Å². The summed E-state index contributed by atoms with van der Waals surface area (Å²) in [6.07, 6.45) is 0. The van der Waals surface area contributed by atoms with Gasteiger partial charge < -0.3 is 19.5 Å². The van der Waals surface area contributed by atoms with Crippen LogP contribution in [-0.4, -0.2) is 36.6 Å². The van der Waals surface area contributed by atoms with E-state index in [1.165, 1.54) is 6.07 Å². The number of hydrogen-bond donors (Lipinski definition) is 1. The Morgan fingerprint density at radius 2 is 1.89 bits per heavy atom. The lowest BCUT2D eigenvalue weighted by Crippen LogP contribution is -2.21. The molecule has 0 spiro atoms. The molecule has 0 aliphatic carbocycles. The van der Waals surface area contributed by atoms with Crippen LogP contribution in [0.5, 0.6) is 11.5 Å². The van der Waals surface area contributed by atoms with Crippen LogP contribution in [0.2, 0.25) is 5.02 Å². The molecule has 1 N–H and O–H groups in total. The number of nitrogens with one attached hydrogen (secondary N) is 1. The van der Waals surface area contributed by atoms with E-state index in [1.54, 1.807) is 18.2 Å². The Morgan fingerprint density at radius 1 is 1.15 bits per heavy atom. The second-order valence-corrected chi connectivity index (χ2v) is 5.81. The number of benzene rings is 2. The molecule has 0 radical (unpaired) electrons. The average Bonchev–Trinajstić information content (AvgIpc) is 2.66. The number of anilines is 1. The predicted molar refractivity (Wildman–Crippen MR) is 94.5 cm³/mol. The number of fused-ring (bicyclic) bond motifs is 1. The van der Waals surface area contributed by atoms with Gasteiger partial charge in [-0.1, -0.05) is 11.6 Å². The summed E-state index contributed by atoms with van der Waals surface area (Å²) in [7, 11) is 0. The van der Waals surface area contributed by atoms with E-state index in [-0.39, 0.29) is 16.3 Å². The number of carbonyl (C=O) groups is 2. The molecule has 9 nitrogen and oxygen atoms in total. The first-order valence-corrected chi connectivity index (χ1v) is 8.12. The molecule has 0 saturated carbocycles. The third-order valence-corrected chi connectivity index (χ3v) is 3.87. The summed E-state index contributed by atoms with van der Waals surface area (Å²) in [6.45, 7) is 0.271. The van der Waals surface area contributed by atoms with E-state index in [0.29, 0.717) is 30.4 Å². The molecule has 1 heterocycles. The summed E-state index contributed by atoms with van der Waals surface area (Å²) in [5, 5.41) is 13.3. The third kappa shape index (κ3) is 4.45. The van der Waals surface area contributed by atoms with Gasteiger partial charge in [0.2, 0.25) is 0 Å². The number of hydrogen-bond acceptors (Lipinski definition) is 7. The molecule has 10 heteroatoms. The Balaban J connectivity index is 1.60. The molecule has 27 heavy (non-hydrogen) atoms. The van der Waals surface area contributed by atoms with Crippen molar-refractivity contribution in [3.8, 4) is 11.5 Å². The van der Waals surface area contributed by atoms with Crippen LogP contribution in [0.3, 0.4) is 0 Å². The monoisotopic (exact) mass is 392 g/mol. The first-order chi connectivity index (χ1) is 12.9. The number of carbonyl (C=O) groups excluding carboxylic acids is 2. The Morgan fingerprint density at radius 3 is 2.63 bits per heavy atom. The number of nitrogens with zero attached hydrogens (tertiary/aromatic N) is 1. The smallest absolute Gasteiger partial charge is 0.340 e. The minimum Gasteiger partial charge on any atom is -0.486 e. The largest absolute Gasteiger partial charge is 0.486 e. The minimum atomic E-state index is -0.943. The molecule has 0 saturated heterocycles. The van der Waals surface area contributed by atoms with Crippen molar-refractivity contribution in [1.82, 2.24) is 0 Å². The average molecular weight is 393 g/mol. The summed E-state index contributed by atoms with van der Waals surface area (Å²) in [6, 6.07) is 8.22. The molecule has 0 unspecified atom stereocenters. The van der Waals surface area contributed by atoms with Crippen molar-refractivity contribution in [2.45, 2.75) is 0 Å². The molecule has 0 aromatic heterocycles. The molecule has 2 aromatic rings. The van der Waals surface area contributed by atoms with E-state index in [0.717, 1.165) is 12.1 Å². The Kier molecular flexibility index (Phi) is 5.41. The highest BCUT2D eigenvalue weighted by molar-refractivity contribution is 6.33. The molecule has 1 aliphatic rings. The topological polar surface area (TPSA) is 117 Å². The highest BCUT2D eigenvalue weighted by atomic mass is 35.5. The number of ether oxygens (including phenoxy) is 3. The molecule has 1 amide bonds. The summed E-state index contributed by atoms with van der Waals surface area (Å²) in [5.41, 5.74) is -0.0706. The first kappa shape index (κ1) is 18.5. The lowest BCUT2D eigenvalue weighted by molar-refractivity contribution is -0.384. The van der Waals surface area contributed by atoms with Gasteiger partial charge >= 0.3 is 5.97 Å². The number of rotatable bonds is 5. The van der Waals surface area contributed by atoms with Gasteiger partial charge in [0.05, 0.1) is 15.5 Å². The quantitative estimate of drug-likeness (QED) is 0.472. The number of nitro benzene ring substituents is 1. The number of esters is 1. The predicted octanol–water partition coefficient (Wildman–Crippen LogP) is 2.81. The number of halogens is 1. The van der Waals surface area contributed by atoms with Gasteiger partial charge in [0.1, 0.15) is 13.2 Å². The SMILES string of the molecule is O=C(COC(=O)c1cc([N+](=O)[O-])ccc1Cl)Nc1ccc2c(c1)OCCO2. The Labute approximate surface area is 157 Å². The van der Waals surface area contributed by atoms with Gasteiger partial charge in [-0.3, -0.25) is 14.9 Å². The Hall–Kier alpha value is -3.33. The van der Waals surface area contributed by atoms with Crippen LogP contribution in [-0.2, 0) is 9.53 Å². The van der Waals surface area contributed by atoms with Crippen molar-refractivity contribution < 1.29 is 28.7 Å². The third-order valence-electron chi connectivity index (χ3n) is 3.54. The molecule has 1 aliphatic heterocycles. The van der Waals surface area contributed by atoms with Crippen LogP contribution in [0.25, 0.3) is 0 Å². The fraction of sp³-hybridized carbons (Fsp3) is 0.176. The Bertz CT molecular complexity index is 916. The van der Waals surface area contributed by atoms with Gasteiger partial charge in [-0.25, -0.2) is 4.79 Å². The van der Waals surface area contributed by atoms with Gasteiger partial charge in [-0.2, -0.15) is 0 Å². The van der Waals surface area contributed by atoms with E-state index in [2.05, 4.69) is 5.32 Å². The summed E-state index contributed by atoms with van der Waals surface area (Å²) < 4.78 is 15.7. The number of nitro groups is 1. The highest BCUT2D eigenvalue weighted by Gasteiger charge is 2.18. The van der Waals surface area contributed by atoms with Crippen LogP contribution < -0.4 is 14.8 Å². The molecule has 0 fully saturated rings. The zero-order valence-corrected chi connectivity index (χ0v) is 14.5. The van der Waals surface area contributed by atoms with E-state index in [9.17, 15) is 19.7 Å². The van der Waals surface area contributed by atoms with Crippen molar-refractivity contribution in [2.24, 2.45) is 0 Å². The van der Waals surface area contributed by atoms with Gasteiger partial charge in [-0.05, 0) is 18.2 Å². The highest BCUT2D eigenvalue weighted by Crippen LogP contribution is 2.32. The maximum absolute atomic E-state index is 12.0. The van der Waals surface area contributed by atoms with Crippen molar-refractivity contribution in [2.75, 3.05) is 25.1 Å². The van der Waals surface area contributed by atoms with Gasteiger partial charge in [-0.15, -0.1) is 0 Å². The number of non-ortho nitro benzene ring substituents is 1. The molecular weight excluding hydrogens is 380 g/mol. The van der Waals surface area contributed by atoms with Crippen molar-refractivity contribution in [3.63, 3.8) is 0 Å². The fourth-order valence-corrected chi connectivity index (χ4v) is 2.50. The second kappa shape index (κ2) is 7.92. The number of amides is 1. The molecule has 140 valence electrons. The fourth-order valence-electron chi connectivity index (χ4n) is 2.31. The molecule has 0 atom stereocenters. The summed E-state index contributed by atoms with van der Waals surface area (Å²) in [4.78, 5) is 34.1. The lowest BCUT2D eigenvalue weighted by Gasteiger charge is -2.19. The zero-order chi connectivity index (χ0) is 19.4. The van der Waals surface area contributed by atoms with E-state index in [4.69, 9.17) is 25.8 Å². The van der Waals surface area contributed by atoms with Crippen LogP contribution in [0.15, 0.2) is 36.4 Å². The van der Waals surface area contributed by atoms with E-state index >= 15 is 0 Å². The lowest BCUT2D eigenvalue weighted by atomic mass is 10.2. The van der Waals surface area contributed by atoms with Gasteiger partial charge in [0, 0.05) is 23.9 Å². The second-order valence-electron chi connectivity index (χ2n) is 5.40. The van der Waals surface area contributed by atoms with Crippen molar-refractivity contribution in [1.29, 1.82) is 0 Å². The van der Waals surface area contributed by atoms with Gasteiger partial charge in [0.25, 0.3) is 11.6 Å². The summed E-state index contributed by atoms with van der Waals surface area (Å²) in [5.74, 6) is -0.465. The van der Waals surface area contributed by atoms with Crippen molar-refractivity contribution >= 4 is 34.9 Å². The minimum absolute atomic E-state index is 0.0159. The standard InChI is InChI=1S/C17H13ClN2O7/c18-13-3-2-11(20(23)24)8-12(13)17(22)27-9-16(21)19-10-1-4-14-15(7-10)26-6-5-25-14/h1-4,7-8H,5-6,9H2,(H,19,21). The van der Waals surface area contributed by atoms with Crippen LogP contribution in [0, 0.1) is 10.1 Å².